The second kappa shape index (κ2) is 16.2. The lowest BCUT2D eigenvalue weighted by atomic mass is 9.86. The highest BCUT2D eigenvalue weighted by molar-refractivity contribution is 5.90. The quantitative estimate of drug-likeness (QED) is 0.0648. The minimum absolute atomic E-state index is 0.00982. The largest absolute Gasteiger partial charge is 0.492 e. The Hall–Kier alpha value is -3.86. The molecule has 4 heterocycles. The number of fused-ring (bicyclic) bond motifs is 6. The van der Waals surface area contributed by atoms with Crippen LogP contribution in [0.3, 0.4) is 0 Å². The van der Waals surface area contributed by atoms with Gasteiger partial charge in [-0.3, -0.25) is 9.59 Å². The molecule has 1 fully saturated rings. The van der Waals surface area contributed by atoms with E-state index in [0.717, 1.165) is 65.2 Å². The SMILES string of the molecule is CCCCCc1cc(OO[C@H]2[C@H](OCCN)O[C@H](COC(=O)CC(=O)O)[C@@H](O)[C@@H]2O)cc2c1OC[C@@H]1c3cc4c(c(CC(C)C)c3O[C@H]21)OCO4. The molecule has 0 saturated carbocycles. The van der Waals surface area contributed by atoms with Gasteiger partial charge in [0.2, 0.25) is 6.79 Å². The van der Waals surface area contributed by atoms with Crippen LogP contribution in [0.15, 0.2) is 18.2 Å². The Balaban J connectivity index is 1.25. The molecule has 6 rings (SSSR count). The zero-order valence-corrected chi connectivity index (χ0v) is 29.0. The zero-order valence-electron chi connectivity index (χ0n) is 29.0. The van der Waals surface area contributed by atoms with Crippen LogP contribution in [0.5, 0.6) is 28.7 Å². The molecule has 0 aromatic heterocycles. The summed E-state index contributed by atoms with van der Waals surface area (Å²) in [5, 5.41) is 30.8. The van der Waals surface area contributed by atoms with Gasteiger partial charge in [-0.25, -0.2) is 0 Å². The highest BCUT2D eigenvalue weighted by Crippen LogP contribution is 2.57. The van der Waals surface area contributed by atoms with E-state index in [4.69, 9.17) is 53.8 Å². The van der Waals surface area contributed by atoms with Gasteiger partial charge in [0.25, 0.3) is 0 Å². The van der Waals surface area contributed by atoms with Gasteiger partial charge >= 0.3 is 11.9 Å². The minimum atomic E-state index is -1.61. The molecule has 1 saturated heterocycles. The number of aliphatic hydroxyl groups excluding tert-OH is 2. The second-order valence-corrected chi connectivity index (χ2v) is 13.6. The molecule has 5 N–H and O–H groups in total. The number of rotatable bonds is 16. The Morgan fingerprint density at radius 2 is 1.84 bits per heavy atom. The van der Waals surface area contributed by atoms with E-state index < -0.39 is 55.7 Å². The van der Waals surface area contributed by atoms with Crippen LogP contribution in [0, 0.1) is 5.92 Å². The van der Waals surface area contributed by atoms with E-state index >= 15 is 0 Å². The first-order chi connectivity index (χ1) is 24.6. The number of carbonyl (C=O) groups is 2. The van der Waals surface area contributed by atoms with Crippen LogP contribution in [0.4, 0.5) is 0 Å². The van der Waals surface area contributed by atoms with E-state index in [1.807, 2.05) is 12.1 Å². The number of unbranched alkanes of at least 4 members (excludes halogenated alkanes) is 2. The standard InChI is InChI=1S/C36H47NO14/c1-4-5-6-7-19-11-20(50-51-35-30(42)29(41)26(48-36(35)43-9-8-37)16-44-28(40)14-27(38)39)12-23-31(19)45-15-24-21-13-25-34(47-17-46-25)22(10-18(2)3)32(21)49-33(23)24/h11-13,18,24,26,29-30,33,35-36,41-42H,4-10,14-17,37H2,1-3H3,(H,38,39)/t24-,26-,29-,30+,33-,35-,36-/m1/s1. The molecule has 7 atom stereocenters. The number of carbonyl (C=O) groups excluding carboxylic acids is 1. The summed E-state index contributed by atoms with van der Waals surface area (Å²) in [5.41, 5.74) is 9.31. The zero-order chi connectivity index (χ0) is 36.2. The van der Waals surface area contributed by atoms with E-state index in [1.165, 1.54) is 0 Å². The summed E-state index contributed by atoms with van der Waals surface area (Å²) in [5.74, 6) is 1.08. The van der Waals surface area contributed by atoms with Crippen molar-refractivity contribution in [2.75, 3.05) is 33.2 Å². The Bertz CT molecular complexity index is 1570. The Morgan fingerprint density at radius 3 is 2.59 bits per heavy atom. The number of carboxylic acids is 1. The number of hydrogen-bond acceptors (Lipinski definition) is 14. The predicted octanol–water partition coefficient (Wildman–Crippen LogP) is 3.08. The molecular weight excluding hydrogens is 670 g/mol. The maximum Gasteiger partial charge on any atom is 0.317 e. The molecule has 51 heavy (non-hydrogen) atoms. The number of aryl methyl sites for hydroxylation is 1. The molecule has 15 heteroatoms. The Kier molecular flexibility index (Phi) is 11.7. The molecule has 15 nitrogen and oxygen atoms in total. The molecule has 0 radical (unpaired) electrons. The van der Waals surface area contributed by atoms with Crippen molar-refractivity contribution in [2.45, 2.75) is 102 Å². The van der Waals surface area contributed by atoms with Crippen LogP contribution in [0.1, 0.15) is 80.7 Å². The van der Waals surface area contributed by atoms with Gasteiger partial charge in [-0.15, -0.1) is 0 Å². The molecule has 2 aromatic rings. The average Bonchev–Trinajstić information content (AvgIpc) is 3.72. The molecule has 4 aliphatic heterocycles. The molecule has 280 valence electrons. The monoisotopic (exact) mass is 717 g/mol. The summed E-state index contributed by atoms with van der Waals surface area (Å²) >= 11 is 0. The van der Waals surface area contributed by atoms with Gasteiger partial charge in [-0.2, -0.15) is 4.89 Å². The van der Waals surface area contributed by atoms with E-state index in [9.17, 15) is 19.8 Å². The topological polar surface area (TPSA) is 204 Å². The summed E-state index contributed by atoms with van der Waals surface area (Å²) < 4.78 is 41.3. The molecular formula is C36H47NO14. The number of nitrogens with two attached hydrogens (primary N) is 1. The highest BCUT2D eigenvalue weighted by atomic mass is 17.2. The third kappa shape index (κ3) is 7.98. The van der Waals surface area contributed by atoms with Crippen LogP contribution in [0.25, 0.3) is 0 Å². The van der Waals surface area contributed by atoms with Crippen molar-refractivity contribution >= 4 is 11.9 Å². The summed E-state index contributed by atoms with van der Waals surface area (Å²) in [6, 6.07) is 5.60. The number of carboxylic acid groups (broad SMARTS) is 1. The summed E-state index contributed by atoms with van der Waals surface area (Å²) in [6.45, 7) is 6.59. The lowest BCUT2D eigenvalue weighted by Gasteiger charge is -2.41. The van der Waals surface area contributed by atoms with Crippen molar-refractivity contribution in [1.29, 1.82) is 0 Å². The molecule has 4 aliphatic rings. The lowest BCUT2D eigenvalue weighted by molar-refractivity contribution is -0.372. The predicted molar refractivity (Wildman–Crippen MR) is 177 cm³/mol. The summed E-state index contributed by atoms with van der Waals surface area (Å²) in [4.78, 5) is 34.2. The molecule has 2 aromatic carbocycles. The fourth-order valence-corrected chi connectivity index (χ4v) is 6.92. The normalized spacial score (nSPS) is 25.7. The average molecular weight is 718 g/mol. The van der Waals surface area contributed by atoms with Crippen LogP contribution in [-0.4, -0.2) is 91.1 Å². The first-order valence-corrected chi connectivity index (χ1v) is 17.5. The van der Waals surface area contributed by atoms with E-state index in [1.54, 1.807) is 6.07 Å². The fraction of sp³-hybridized carbons (Fsp3) is 0.611. The van der Waals surface area contributed by atoms with Crippen LogP contribution in [0.2, 0.25) is 0 Å². The highest BCUT2D eigenvalue weighted by Gasteiger charge is 2.48. The maximum absolute atomic E-state index is 11.8. The van der Waals surface area contributed by atoms with Crippen molar-refractivity contribution < 1.29 is 67.8 Å². The van der Waals surface area contributed by atoms with Gasteiger partial charge in [0, 0.05) is 23.2 Å². The second-order valence-electron chi connectivity index (χ2n) is 13.6. The molecule has 0 aliphatic carbocycles. The van der Waals surface area contributed by atoms with Crippen LogP contribution < -0.4 is 29.6 Å². The molecule has 0 unspecified atom stereocenters. The third-order valence-corrected chi connectivity index (χ3v) is 9.30. The number of aliphatic carboxylic acids is 1. The van der Waals surface area contributed by atoms with E-state index in [2.05, 4.69) is 20.8 Å². The minimum Gasteiger partial charge on any atom is -0.492 e. The number of esters is 1. The van der Waals surface area contributed by atoms with Gasteiger partial charge in [-0.05, 0) is 48.9 Å². The number of hydrogen-bond donors (Lipinski definition) is 4. The van der Waals surface area contributed by atoms with Crippen molar-refractivity contribution in [3.63, 3.8) is 0 Å². The fourth-order valence-electron chi connectivity index (χ4n) is 6.92. The first-order valence-electron chi connectivity index (χ1n) is 17.5. The molecule has 0 spiro atoms. The van der Waals surface area contributed by atoms with Gasteiger partial charge in [0.1, 0.15) is 48.9 Å². The van der Waals surface area contributed by atoms with Crippen molar-refractivity contribution in [3.8, 4) is 28.7 Å². The van der Waals surface area contributed by atoms with Crippen molar-refractivity contribution in [1.82, 2.24) is 0 Å². The Labute approximate surface area is 295 Å². The van der Waals surface area contributed by atoms with Crippen molar-refractivity contribution in [3.05, 3.63) is 40.5 Å². The summed E-state index contributed by atoms with van der Waals surface area (Å²) in [7, 11) is 0. The van der Waals surface area contributed by atoms with Gasteiger partial charge in [0.05, 0.1) is 19.1 Å². The number of aliphatic hydroxyl groups is 2. The molecule has 0 amide bonds. The molecule has 0 bridgehead atoms. The van der Waals surface area contributed by atoms with Crippen LogP contribution in [-0.2, 0) is 41.5 Å². The van der Waals surface area contributed by atoms with Gasteiger partial charge in [-0.1, -0.05) is 33.6 Å². The summed E-state index contributed by atoms with van der Waals surface area (Å²) in [6.07, 6.45) is -3.93. The number of ether oxygens (including phenoxy) is 7. The Morgan fingerprint density at radius 1 is 1.02 bits per heavy atom. The maximum atomic E-state index is 11.8. The smallest absolute Gasteiger partial charge is 0.317 e. The van der Waals surface area contributed by atoms with Gasteiger partial charge < -0.3 is 59.1 Å². The van der Waals surface area contributed by atoms with Crippen LogP contribution >= 0.6 is 0 Å². The van der Waals surface area contributed by atoms with E-state index in [0.29, 0.717) is 30.4 Å². The first kappa shape index (κ1) is 36.9. The number of benzene rings is 2. The lowest BCUT2D eigenvalue weighted by Crippen LogP contribution is -2.60. The van der Waals surface area contributed by atoms with Gasteiger partial charge in [0.15, 0.2) is 29.6 Å². The third-order valence-electron chi connectivity index (χ3n) is 9.30. The van der Waals surface area contributed by atoms with Crippen molar-refractivity contribution in [2.24, 2.45) is 11.7 Å². The van der Waals surface area contributed by atoms with E-state index in [-0.39, 0.29) is 32.0 Å².